The normalized spacial score (nSPS) is 36.4. The van der Waals surface area contributed by atoms with Gasteiger partial charge >= 0.3 is 0 Å². The van der Waals surface area contributed by atoms with E-state index in [1.54, 1.807) is 0 Å². The minimum atomic E-state index is -0.749. The lowest BCUT2D eigenvalue weighted by molar-refractivity contribution is -0.121. The number of aliphatic hydroxyl groups excluding tert-OH is 2. The van der Waals surface area contributed by atoms with Gasteiger partial charge in [-0.2, -0.15) is 0 Å². The average Bonchev–Trinajstić information content (AvgIpc) is 3.38. The van der Waals surface area contributed by atoms with Crippen LogP contribution in [-0.4, -0.2) is 53.6 Å². The standard InChI is InChI=1S/C38H56O5/c1-6-28-19-17-25-13-11-15-32(34(25)23-42-28)30(8-3)37(40)21-27(36(39)10-5)22-38(41)31(9-4)33-16-12-14-26-18-20-29(7-2)43-24-35(26)33/h1,7-10,25-35,37-38,40-41H,2-5,11-24H2. The largest absolute Gasteiger partial charge is 0.392 e. The van der Waals surface area contributed by atoms with Crippen LogP contribution in [0.25, 0.3) is 0 Å². The van der Waals surface area contributed by atoms with Crippen LogP contribution in [0.15, 0.2) is 50.6 Å². The maximum absolute atomic E-state index is 13.2. The summed E-state index contributed by atoms with van der Waals surface area (Å²) in [6, 6.07) is 0. The van der Waals surface area contributed by atoms with Crippen molar-refractivity contribution in [1.82, 2.24) is 0 Å². The van der Waals surface area contributed by atoms with Gasteiger partial charge in [0.25, 0.3) is 0 Å². The molecule has 2 aliphatic heterocycles. The van der Waals surface area contributed by atoms with E-state index >= 15 is 0 Å². The summed E-state index contributed by atoms with van der Waals surface area (Å²) in [7, 11) is 0. The summed E-state index contributed by atoms with van der Waals surface area (Å²) in [5, 5.41) is 23.3. The molecule has 2 saturated heterocycles. The van der Waals surface area contributed by atoms with Gasteiger partial charge in [-0.05, 0) is 93.0 Å². The Labute approximate surface area is 260 Å². The predicted molar refractivity (Wildman–Crippen MR) is 173 cm³/mol. The van der Waals surface area contributed by atoms with E-state index in [1.807, 2.05) is 18.2 Å². The van der Waals surface area contributed by atoms with E-state index in [-0.39, 0.29) is 54.5 Å². The van der Waals surface area contributed by atoms with Gasteiger partial charge in [-0.3, -0.25) is 4.79 Å². The van der Waals surface area contributed by atoms with Gasteiger partial charge in [-0.25, -0.2) is 0 Å². The zero-order chi connectivity index (χ0) is 30.9. The number of ether oxygens (including phenoxy) is 2. The highest BCUT2D eigenvalue weighted by Crippen LogP contribution is 2.47. The second kappa shape index (κ2) is 16.4. The van der Waals surface area contributed by atoms with E-state index in [0.29, 0.717) is 36.9 Å². The number of hydrogen-bond acceptors (Lipinski definition) is 5. The molecule has 0 radical (unpaired) electrons. The van der Waals surface area contributed by atoms with Crippen molar-refractivity contribution in [2.75, 3.05) is 13.2 Å². The molecular weight excluding hydrogens is 536 g/mol. The number of allylic oxidation sites excluding steroid dienone is 1. The van der Waals surface area contributed by atoms with Crippen LogP contribution in [0.3, 0.4) is 0 Å². The highest BCUT2D eigenvalue weighted by atomic mass is 16.5. The number of terminal acetylenes is 1. The topological polar surface area (TPSA) is 76.0 Å². The van der Waals surface area contributed by atoms with Gasteiger partial charge in [0, 0.05) is 17.8 Å². The first kappa shape index (κ1) is 33.9. The Morgan fingerprint density at radius 3 is 1.81 bits per heavy atom. The number of aliphatic hydroxyl groups is 2. The van der Waals surface area contributed by atoms with Crippen molar-refractivity contribution < 1.29 is 24.5 Å². The van der Waals surface area contributed by atoms with Crippen molar-refractivity contribution in [3.8, 4) is 12.3 Å². The van der Waals surface area contributed by atoms with Crippen LogP contribution in [0.2, 0.25) is 0 Å². The van der Waals surface area contributed by atoms with Gasteiger partial charge in [0.05, 0.1) is 31.5 Å². The van der Waals surface area contributed by atoms with E-state index < -0.39 is 18.1 Å². The number of fused-ring (bicyclic) bond motifs is 2. The molecule has 2 saturated carbocycles. The molecule has 0 aromatic rings. The zero-order valence-corrected chi connectivity index (χ0v) is 26.2. The van der Waals surface area contributed by atoms with Crippen LogP contribution in [0.4, 0.5) is 0 Å². The lowest BCUT2D eigenvalue weighted by Gasteiger charge is -2.43. The zero-order valence-electron chi connectivity index (χ0n) is 26.2. The summed E-state index contributed by atoms with van der Waals surface area (Å²) in [4.78, 5) is 13.2. The van der Waals surface area contributed by atoms with Crippen molar-refractivity contribution in [2.24, 2.45) is 53.3 Å². The Kier molecular flexibility index (Phi) is 12.9. The maximum atomic E-state index is 13.2. The molecule has 13 atom stereocenters. The van der Waals surface area contributed by atoms with Crippen LogP contribution >= 0.6 is 0 Å². The third-order valence-electron chi connectivity index (χ3n) is 11.7. The fourth-order valence-corrected chi connectivity index (χ4v) is 9.30. The number of rotatable bonds is 13. The molecule has 5 heteroatoms. The van der Waals surface area contributed by atoms with E-state index in [0.717, 1.165) is 57.8 Å². The number of carbonyl (C=O) groups excluding carboxylic acids is 1. The van der Waals surface area contributed by atoms with E-state index in [9.17, 15) is 15.0 Å². The van der Waals surface area contributed by atoms with Gasteiger partial charge in [0.2, 0.25) is 0 Å². The first-order chi connectivity index (χ1) is 20.8. The number of ketones is 1. The van der Waals surface area contributed by atoms with Gasteiger partial charge < -0.3 is 19.7 Å². The highest BCUT2D eigenvalue weighted by molar-refractivity contribution is 5.91. The second-order valence-corrected chi connectivity index (χ2v) is 13.8. The van der Waals surface area contributed by atoms with Crippen molar-refractivity contribution in [1.29, 1.82) is 0 Å². The fourth-order valence-electron chi connectivity index (χ4n) is 9.30. The SMILES string of the molecule is C#CC1CCC2CCCC(C(C=C)C(O)CC(CC(O)C(C=C)C3CCCC4CCC(C=C)OCC43)C(=O)C=C)C2CO1. The quantitative estimate of drug-likeness (QED) is 0.141. The number of hydrogen-bond donors (Lipinski definition) is 2. The summed E-state index contributed by atoms with van der Waals surface area (Å²) >= 11 is 0. The van der Waals surface area contributed by atoms with Crippen molar-refractivity contribution in [3.63, 3.8) is 0 Å². The Morgan fingerprint density at radius 1 is 0.791 bits per heavy atom. The minimum absolute atomic E-state index is 0.0926. The van der Waals surface area contributed by atoms with Gasteiger partial charge in [-0.1, -0.05) is 56.4 Å². The van der Waals surface area contributed by atoms with Crippen LogP contribution in [0.5, 0.6) is 0 Å². The van der Waals surface area contributed by atoms with Crippen molar-refractivity contribution in [2.45, 2.75) is 101 Å². The predicted octanol–water partition coefficient (Wildman–Crippen LogP) is 6.71. The summed E-state index contributed by atoms with van der Waals surface area (Å²) in [6.45, 7) is 17.2. The summed E-state index contributed by atoms with van der Waals surface area (Å²) in [5.41, 5.74) is 0. The molecule has 13 unspecified atom stereocenters. The lowest BCUT2D eigenvalue weighted by atomic mass is 9.64. The molecule has 43 heavy (non-hydrogen) atoms. The Hall–Kier alpha value is -1.97. The van der Waals surface area contributed by atoms with Crippen LogP contribution in [-0.2, 0) is 14.3 Å². The van der Waals surface area contributed by atoms with Crippen molar-refractivity contribution >= 4 is 5.78 Å². The molecule has 2 heterocycles. The Bertz CT molecular complexity index is 997. The molecule has 4 fully saturated rings. The second-order valence-electron chi connectivity index (χ2n) is 13.8. The monoisotopic (exact) mass is 592 g/mol. The molecule has 0 aromatic heterocycles. The third kappa shape index (κ3) is 8.20. The van der Waals surface area contributed by atoms with Crippen molar-refractivity contribution in [3.05, 3.63) is 50.6 Å². The molecule has 2 aliphatic carbocycles. The fraction of sp³-hybridized carbons (Fsp3) is 0.711. The average molecular weight is 593 g/mol. The van der Waals surface area contributed by atoms with Gasteiger partial charge in [0.1, 0.15) is 6.10 Å². The summed E-state index contributed by atoms with van der Waals surface area (Å²) in [5.74, 6) is 4.06. The van der Waals surface area contributed by atoms with Gasteiger partial charge in [-0.15, -0.1) is 26.2 Å². The molecular formula is C38H56O5. The Morgan fingerprint density at radius 2 is 1.33 bits per heavy atom. The molecule has 238 valence electrons. The molecule has 0 bridgehead atoms. The first-order valence-electron chi connectivity index (χ1n) is 16.9. The van der Waals surface area contributed by atoms with E-state index in [1.165, 1.54) is 12.5 Å². The molecule has 2 N–H and O–H groups in total. The third-order valence-corrected chi connectivity index (χ3v) is 11.7. The summed E-state index contributed by atoms with van der Waals surface area (Å²) < 4.78 is 12.3. The molecule has 5 nitrogen and oxygen atoms in total. The summed E-state index contributed by atoms with van der Waals surface area (Å²) in [6.07, 6.45) is 22.4. The van der Waals surface area contributed by atoms with Crippen LogP contribution in [0.1, 0.15) is 77.0 Å². The molecule has 0 spiro atoms. The number of carbonyl (C=O) groups is 1. The Balaban J connectivity index is 1.45. The van der Waals surface area contributed by atoms with Crippen LogP contribution in [0, 0.1) is 65.6 Å². The maximum Gasteiger partial charge on any atom is 0.158 e. The molecule has 0 amide bonds. The molecule has 0 aromatic carbocycles. The molecule has 4 aliphatic rings. The van der Waals surface area contributed by atoms with E-state index in [2.05, 4.69) is 32.2 Å². The smallest absolute Gasteiger partial charge is 0.158 e. The van der Waals surface area contributed by atoms with E-state index in [4.69, 9.17) is 15.9 Å². The minimum Gasteiger partial charge on any atom is -0.392 e. The van der Waals surface area contributed by atoms with Gasteiger partial charge in [0.15, 0.2) is 5.78 Å². The lowest BCUT2D eigenvalue weighted by Crippen LogP contribution is -2.41. The highest BCUT2D eigenvalue weighted by Gasteiger charge is 2.43. The molecule has 4 rings (SSSR count). The van der Waals surface area contributed by atoms with Crippen LogP contribution < -0.4 is 0 Å². The first-order valence-corrected chi connectivity index (χ1v) is 16.9.